The first-order valence-corrected chi connectivity index (χ1v) is 9.82. The zero-order valence-corrected chi connectivity index (χ0v) is 12.4. The summed E-state index contributed by atoms with van der Waals surface area (Å²) in [6.45, 7) is 7.29. The van der Waals surface area contributed by atoms with E-state index in [1.807, 2.05) is 0 Å². The third kappa shape index (κ3) is 1.65. The Morgan fingerprint density at radius 3 is 2.67 bits per heavy atom. The van der Waals surface area contributed by atoms with Gasteiger partial charge in [-0.1, -0.05) is 66.9 Å². The molecule has 0 saturated heterocycles. The second-order valence-electron chi connectivity index (χ2n) is 5.96. The second-order valence-corrected chi connectivity index (χ2v) is 10.7. The van der Waals surface area contributed by atoms with Crippen molar-refractivity contribution in [2.24, 2.45) is 0 Å². The van der Waals surface area contributed by atoms with E-state index in [4.69, 9.17) is 0 Å². The molecule has 0 radical (unpaired) electrons. The number of fused-ring (bicyclic) bond motifs is 1. The van der Waals surface area contributed by atoms with Gasteiger partial charge in [-0.15, -0.1) is 0 Å². The van der Waals surface area contributed by atoms with Gasteiger partial charge in [0.05, 0.1) is 8.07 Å². The van der Waals surface area contributed by atoms with E-state index in [1.165, 1.54) is 17.6 Å². The zero-order chi connectivity index (χ0) is 12.8. The lowest BCUT2D eigenvalue weighted by atomic mass is 10.1. The van der Waals surface area contributed by atoms with Crippen molar-refractivity contribution < 1.29 is 0 Å². The largest absolute Gasteiger partial charge is 0.0873 e. The number of hydrogen-bond donors (Lipinski definition) is 0. The number of allylic oxidation sites excluding steroid dienone is 6. The predicted molar refractivity (Wildman–Crippen MR) is 82.2 cm³/mol. The summed E-state index contributed by atoms with van der Waals surface area (Å²) in [5.41, 5.74) is 5.14. The molecule has 3 rings (SSSR count). The summed E-state index contributed by atoms with van der Waals surface area (Å²) in [6, 6.07) is 8.94. The highest BCUT2D eigenvalue weighted by atomic mass is 28.3. The minimum absolute atomic E-state index is 0.653. The van der Waals surface area contributed by atoms with Gasteiger partial charge in [0.15, 0.2) is 0 Å². The lowest BCUT2D eigenvalue weighted by Gasteiger charge is -2.31. The lowest BCUT2D eigenvalue weighted by Crippen LogP contribution is -2.35. The van der Waals surface area contributed by atoms with E-state index < -0.39 is 8.07 Å². The van der Waals surface area contributed by atoms with Crippen molar-refractivity contribution in [3.05, 3.63) is 64.9 Å². The Hall–Kier alpha value is -1.34. The minimum atomic E-state index is -1.41. The molecule has 0 fully saturated rings. The second kappa shape index (κ2) is 4.10. The fraction of sp³-hybridized carbons (Fsp3) is 0.294. The van der Waals surface area contributed by atoms with Crippen LogP contribution < -0.4 is 0 Å². The number of hydrogen-bond acceptors (Lipinski definition) is 0. The van der Waals surface area contributed by atoms with Crippen molar-refractivity contribution in [3.63, 3.8) is 0 Å². The summed E-state index contributed by atoms with van der Waals surface area (Å²) in [5, 5.41) is 1.69. The van der Waals surface area contributed by atoms with E-state index in [-0.39, 0.29) is 0 Å². The van der Waals surface area contributed by atoms with Gasteiger partial charge in [0.1, 0.15) is 0 Å². The molecule has 0 nitrogen and oxygen atoms in total. The molecule has 2 aliphatic carbocycles. The van der Waals surface area contributed by atoms with Gasteiger partial charge in [-0.2, -0.15) is 0 Å². The summed E-state index contributed by atoms with van der Waals surface area (Å²) < 4.78 is 0. The molecule has 92 valence electrons. The van der Waals surface area contributed by atoms with Crippen molar-refractivity contribution >= 4 is 13.6 Å². The highest BCUT2D eigenvalue weighted by molar-refractivity contribution is 6.86. The van der Waals surface area contributed by atoms with Gasteiger partial charge >= 0.3 is 0 Å². The van der Waals surface area contributed by atoms with Gasteiger partial charge in [-0.05, 0) is 30.0 Å². The van der Waals surface area contributed by atoms with Crippen LogP contribution in [0.2, 0.25) is 13.1 Å². The molecule has 0 saturated carbocycles. The van der Waals surface area contributed by atoms with Crippen LogP contribution in [0.4, 0.5) is 0 Å². The molecule has 0 spiro atoms. The van der Waals surface area contributed by atoms with Crippen molar-refractivity contribution in [2.45, 2.75) is 32.0 Å². The van der Waals surface area contributed by atoms with Crippen LogP contribution in [0.25, 0.3) is 5.57 Å². The Labute approximate surface area is 111 Å². The Morgan fingerprint density at radius 1 is 1.17 bits per heavy atom. The molecule has 2 aliphatic rings. The van der Waals surface area contributed by atoms with Crippen LogP contribution in [0.15, 0.2) is 53.8 Å². The Bertz CT molecular complexity index is 573. The Kier molecular flexibility index (Phi) is 2.67. The van der Waals surface area contributed by atoms with Crippen LogP contribution >= 0.6 is 0 Å². The third-order valence-electron chi connectivity index (χ3n) is 4.51. The van der Waals surface area contributed by atoms with Crippen LogP contribution in [0.1, 0.15) is 30.0 Å². The standard InChI is InChI=1S/C17H20Si/c1-13-12-17(16-11-7-6-10-15(13)16)18(2,3)14-8-4-5-9-14/h4-8,10-12,17H,9H2,1-3H3. The normalized spacial score (nSPS) is 21.8. The molecular formula is C17H20Si. The van der Waals surface area contributed by atoms with Gasteiger partial charge in [0, 0.05) is 5.54 Å². The molecular weight excluding hydrogens is 232 g/mol. The first-order chi connectivity index (χ1) is 8.60. The molecule has 0 aromatic heterocycles. The smallest absolute Gasteiger partial charge is 0.0809 e. The van der Waals surface area contributed by atoms with Crippen LogP contribution in [-0.4, -0.2) is 8.07 Å². The van der Waals surface area contributed by atoms with Crippen LogP contribution in [0.5, 0.6) is 0 Å². The summed E-state index contributed by atoms with van der Waals surface area (Å²) in [4.78, 5) is 0. The molecule has 1 aromatic carbocycles. The SMILES string of the molecule is CC1=CC([Si](C)(C)C2=CC=CC2)c2ccccc21. The van der Waals surface area contributed by atoms with E-state index in [9.17, 15) is 0 Å². The number of rotatable bonds is 2. The topological polar surface area (TPSA) is 0 Å². The van der Waals surface area contributed by atoms with E-state index in [1.54, 1.807) is 10.8 Å². The van der Waals surface area contributed by atoms with Crippen molar-refractivity contribution in [3.8, 4) is 0 Å². The molecule has 0 amide bonds. The van der Waals surface area contributed by atoms with E-state index in [0.717, 1.165) is 0 Å². The Morgan fingerprint density at radius 2 is 1.94 bits per heavy atom. The monoisotopic (exact) mass is 252 g/mol. The average molecular weight is 252 g/mol. The van der Waals surface area contributed by atoms with Gasteiger partial charge in [0.25, 0.3) is 0 Å². The highest BCUT2D eigenvalue weighted by Crippen LogP contribution is 2.44. The predicted octanol–water partition coefficient (Wildman–Crippen LogP) is 4.86. The van der Waals surface area contributed by atoms with E-state index in [2.05, 4.69) is 68.6 Å². The average Bonchev–Trinajstić information content (AvgIpc) is 2.98. The van der Waals surface area contributed by atoms with Gasteiger partial charge < -0.3 is 0 Å². The quantitative estimate of drug-likeness (QED) is 0.659. The fourth-order valence-corrected chi connectivity index (χ4v) is 6.54. The molecule has 1 aromatic rings. The zero-order valence-electron chi connectivity index (χ0n) is 11.4. The summed E-state index contributed by atoms with van der Waals surface area (Å²) in [7, 11) is -1.41. The molecule has 0 heterocycles. The summed E-state index contributed by atoms with van der Waals surface area (Å²) in [6.07, 6.45) is 10.6. The fourth-order valence-electron chi connectivity index (χ4n) is 3.28. The molecule has 18 heavy (non-hydrogen) atoms. The van der Waals surface area contributed by atoms with E-state index >= 15 is 0 Å². The van der Waals surface area contributed by atoms with Gasteiger partial charge in [0.2, 0.25) is 0 Å². The van der Waals surface area contributed by atoms with Crippen LogP contribution in [0.3, 0.4) is 0 Å². The minimum Gasteiger partial charge on any atom is -0.0809 e. The summed E-state index contributed by atoms with van der Waals surface area (Å²) in [5.74, 6) is 0. The molecule has 1 unspecified atom stereocenters. The highest BCUT2D eigenvalue weighted by Gasteiger charge is 2.38. The van der Waals surface area contributed by atoms with Crippen LogP contribution in [0, 0.1) is 0 Å². The van der Waals surface area contributed by atoms with Crippen molar-refractivity contribution in [1.29, 1.82) is 0 Å². The number of benzene rings is 1. The molecule has 0 bridgehead atoms. The maximum absolute atomic E-state index is 2.52. The molecule has 1 atom stereocenters. The first-order valence-electron chi connectivity index (χ1n) is 6.74. The maximum Gasteiger partial charge on any atom is 0.0873 e. The van der Waals surface area contributed by atoms with Crippen molar-refractivity contribution in [1.82, 2.24) is 0 Å². The summed E-state index contributed by atoms with van der Waals surface area (Å²) >= 11 is 0. The van der Waals surface area contributed by atoms with Gasteiger partial charge in [-0.25, -0.2) is 0 Å². The molecule has 1 heteroatoms. The van der Waals surface area contributed by atoms with Crippen LogP contribution in [-0.2, 0) is 0 Å². The van der Waals surface area contributed by atoms with E-state index in [0.29, 0.717) is 5.54 Å². The third-order valence-corrected chi connectivity index (χ3v) is 8.57. The lowest BCUT2D eigenvalue weighted by molar-refractivity contribution is 1.14. The maximum atomic E-state index is 2.52. The molecule has 0 aliphatic heterocycles. The molecule has 0 N–H and O–H groups in total. The van der Waals surface area contributed by atoms with Crippen molar-refractivity contribution in [2.75, 3.05) is 0 Å². The van der Waals surface area contributed by atoms with Gasteiger partial charge in [-0.3, -0.25) is 0 Å². The first kappa shape index (κ1) is 11.7. The Balaban J connectivity index is 2.04.